The smallest absolute Gasteiger partial charge is 0.159 e. The summed E-state index contributed by atoms with van der Waals surface area (Å²) in [5.74, 6) is 0.972. The number of rotatable bonds is 4. The van der Waals surface area contributed by atoms with Gasteiger partial charge in [0.25, 0.3) is 0 Å². The molecule has 0 aliphatic heterocycles. The Kier molecular flexibility index (Phi) is 3.71. The van der Waals surface area contributed by atoms with Crippen molar-refractivity contribution < 1.29 is 4.79 Å². The van der Waals surface area contributed by atoms with Crippen molar-refractivity contribution in [3.8, 4) is 0 Å². The van der Waals surface area contributed by atoms with E-state index in [4.69, 9.17) is 0 Å². The second kappa shape index (κ2) is 4.59. The Morgan fingerprint density at radius 2 is 2.00 bits per heavy atom. The standard InChI is InChI=1S/C12H20O/c1-4-6-10-8-12(13)9(3)11(10)7-5-2/h10H,4-8H2,1-3H3/t10-/m1/s1. The summed E-state index contributed by atoms with van der Waals surface area (Å²) in [7, 11) is 0. The van der Waals surface area contributed by atoms with Crippen molar-refractivity contribution in [1.82, 2.24) is 0 Å². The molecule has 74 valence electrons. The summed E-state index contributed by atoms with van der Waals surface area (Å²) in [5, 5.41) is 0. The molecule has 1 atom stereocenters. The van der Waals surface area contributed by atoms with Gasteiger partial charge in [-0.1, -0.05) is 32.3 Å². The van der Waals surface area contributed by atoms with Gasteiger partial charge in [0.15, 0.2) is 5.78 Å². The highest BCUT2D eigenvalue weighted by Gasteiger charge is 2.27. The summed E-state index contributed by atoms with van der Waals surface area (Å²) in [6.07, 6.45) is 5.47. The minimum Gasteiger partial charge on any atom is -0.295 e. The van der Waals surface area contributed by atoms with Gasteiger partial charge in [0.1, 0.15) is 0 Å². The Morgan fingerprint density at radius 3 is 2.54 bits per heavy atom. The molecule has 1 nitrogen and oxygen atoms in total. The summed E-state index contributed by atoms with van der Waals surface area (Å²) in [5.41, 5.74) is 2.52. The van der Waals surface area contributed by atoms with E-state index >= 15 is 0 Å². The van der Waals surface area contributed by atoms with Gasteiger partial charge in [0, 0.05) is 6.42 Å². The molecule has 1 aliphatic rings. The van der Waals surface area contributed by atoms with E-state index in [0.29, 0.717) is 11.7 Å². The molecule has 0 saturated heterocycles. The fraction of sp³-hybridized carbons (Fsp3) is 0.750. The van der Waals surface area contributed by atoms with Gasteiger partial charge in [-0.2, -0.15) is 0 Å². The third-order valence-corrected chi connectivity index (χ3v) is 2.98. The maximum Gasteiger partial charge on any atom is 0.159 e. The Balaban J connectivity index is 2.73. The van der Waals surface area contributed by atoms with Crippen molar-refractivity contribution in [2.45, 2.75) is 52.9 Å². The first-order valence-corrected chi connectivity index (χ1v) is 5.43. The number of Topliss-reactive ketones (excluding diaryl/α,β-unsaturated/α-hetero) is 1. The fourth-order valence-corrected chi connectivity index (χ4v) is 2.27. The molecule has 0 spiro atoms. The molecule has 0 radical (unpaired) electrons. The molecular formula is C12H20O. The normalized spacial score (nSPS) is 23.0. The van der Waals surface area contributed by atoms with Crippen molar-refractivity contribution in [2.75, 3.05) is 0 Å². The van der Waals surface area contributed by atoms with Gasteiger partial charge >= 0.3 is 0 Å². The van der Waals surface area contributed by atoms with Crippen LogP contribution in [0.3, 0.4) is 0 Å². The second-order valence-electron chi connectivity index (χ2n) is 4.01. The van der Waals surface area contributed by atoms with E-state index in [1.165, 1.54) is 24.8 Å². The molecule has 0 saturated carbocycles. The number of ketones is 1. The van der Waals surface area contributed by atoms with Gasteiger partial charge in [0.2, 0.25) is 0 Å². The van der Waals surface area contributed by atoms with Crippen molar-refractivity contribution in [3.63, 3.8) is 0 Å². The summed E-state index contributed by atoms with van der Waals surface area (Å²) in [6.45, 7) is 6.39. The molecular weight excluding hydrogens is 160 g/mol. The van der Waals surface area contributed by atoms with E-state index in [0.717, 1.165) is 18.4 Å². The van der Waals surface area contributed by atoms with Crippen molar-refractivity contribution in [1.29, 1.82) is 0 Å². The van der Waals surface area contributed by atoms with Crippen LogP contribution < -0.4 is 0 Å². The van der Waals surface area contributed by atoms with Crippen LogP contribution in [-0.4, -0.2) is 5.78 Å². The lowest BCUT2D eigenvalue weighted by Crippen LogP contribution is -2.00. The highest BCUT2D eigenvalue weighted by Crippen LogP contribution is 2.35. The highest BCUT2D eigenvalue weighted by atomic mass is 16.1. The molecule has 0 aromatic carbocycles. The average Bonchev–Trinajstić information content (AvgIpc) is 2.34. The maximum atomic E-state index is 11.5. The van der Waals surface area contributed by atoms with Gasteiger partial charge in [-0.05, 0) is 31.3 Å². The number of hydrogen-bond donors (Lipinski definition) is 0. The van der Waals surface area contributed by atoms with Gasteiger partial charge in [-0.25, -0.2) is 0 Å². The van der Waals surface area contributed by atoms with E-state index in [-0.39, 0.29) is 0 Å². The van der Waals surface area contributed by atoms with Gasteiger partial charge < -0.3 is 0 Å². The average molecular weight is 180 g/mol. The molecule has 0 bridgehead atoms. The lowest BCUT2D eigenvalue weighted by Gasteiger charge is -2.12. The molecule has 0 heterocycles. The number of allylic oxidation sites excluding steroid dienone is 2. The molecule has 1 aliphatic carbocycles. The Hall–Kier alpha value is -0.590. The summed E-state index contributed by atoms with van der Waals surface area (Å²) >= 11 is 0. The molecule has 1 heteroatoms. The molecule has 0 unspecified atom stereocenters. The zero-order chi connectivity index (χ0) is 9.84. The summed E-state index contributed by atoms with van der Waals surface area (Å²) < 4.78 is 0. The van der Waals surface area contributed by atoms with E-state index in [2.05, 4.69) is 13.8 Å². The van der Waals surface area contributed by atoms with Crippen LogP contribution in [0.15, 0.2) is 11.1 Å². The molecule has 0 fully saturated rings. The minimum atomic E-state index is 0.391. The van der Waals surface area contributed by atoms with Crippen molar-refractivity contribution in [3.05, 3.63) is 11.1 Å². The highest BCUT2D eigenvalue weighted by molar-refractivity contribution is 5.98. The molecule has 0 aromatic rings. The lowest BCUT2D eigenvalue weighted by molar-refractivity contribution is -0.115. The van der Waals surface area contributed by atoms with Crippen molar-refractivity contribution in [2.24, 2.45) is 5.92 Å². The first-order valence-electron chi connectivity index (χ1n) is 5.43. The lowest BCUT2D eigenvalue weighted by atomic mass is 9.93. The predicted octanol–water partition coefficient (Wildman–Crippen LogP) is 3.49. The topological polar surface area (TPSA) is 17.1 Å². The van der Waals surface area contributed by atoms with Crippen LogP contribution in [0.4, 0.5) is 0 Å². The minimum absolute atomic E-state index is 0.391. The van der Waals surface area contributed by atoms with Crippen LogP contribution in [0.1, 0.15) is 52.9 Å². The van der Waals surface area contributed by atoms with Crippen LogP contribution >= 0.6 is 0 Å². The SMILES string of the molecule is CCCC1=C(C)C(=O)C[C@H]1CCC. The first kappa shape index (κ1) is 10.5. The number of carbonyl (C=O) groups is 1. The van der Waals surface area contributed by atoms with E-state index in [1.807, 2.05) is 6.92 Å². The number of carbonyl (C=O) groups excluding carboxylic acids is 1. The Bertz CT molecular complexity index is 225. The molecule has 0 N–H and O–H groups in total. The second-order valence-corrected chi connectivity index (χ2v) is 4.01. The quantitative estimate of drug-likeness (QED) is 0.647. The Labute approximate surface area is 81.2 Å². The molecule has 0 aromatic heterocycles. The Morgan fingerprint density at radius 1 is 1.31 bits per heavy atom. The van der Waals surface area contributed by atoms with E-state index in [9.17, 15) is 4.79 Å². The third-order valence-electron chi connectivity index (χ3n) is 2.98. The first-order chi connectivity index (χ1) is 6.20. The van der Waals surface area contributed by atoms with Crippen LogP contribution in [0, 0.1) is 5.92 Å². The van der Waals surface area contributed by atoms with Crippen LogP contribution in [0.25, 0.3) is 0 Å². The monoisotopic (exact) mass is 180 g/mol. The van der Waals surface area contributed by atoms with Gasteiger partial charge in [-0.15, -0.1) is 0 Å². The molecule has 1 rings (SSSR count). The van der Waals surface area contributed by atoms with Gasteiger partial charge in [-0.3, -0.25) is 4.79 Å². The summed E-state index contributed by atoms with van der Waals surface area (Å²) in [4.78, 5) is 11.5. The predicted molar refractivity (Wildman–Crippen MR) is 55.6 cm³/mol. The zero-order valence-corrected chi connectivity index (χ0v) is 9.02. The van der Waals surface area contributed by atoms with E-state index in [1.54, 1.807) is 0 Å². The van der Waals surface area contributed by atoms with Crippen LogP contribution in [0.5, 0.6) is 0 Å². The van der Waals surface area contributed by atoms with Gasteiger partial charge in [0.05, 0.1) is 0 Å². The zero-order valence-electron chi connectivity index (χ0n) is 9.02. The maximum absolute atomic E-state index is 11.5. The van der Waals surface area contributed by atoms with E-state index < -0.39 is 0 Å². The van der Waals surface area contributed by atoms with Crippen molar-refractivity contribution >= 4 is 5.78 Å². The van der Waals surface area contributed by atoms with Crippen LogP contribution in [-0.2, 0) is 4.79 Å². The largest absolute Gasteiger partial charge is 0.295 e. The van der Waals surface area contributed by atoms with Crippen LogP contribution in [0.2, 0.25) is 0 Å². The summed E-state index contributed by atoms with van der Waals surface area (Å²) in [6, 6.07) is 0. The molecule has 13 heavy (non-hydrogen) atoms. The number of hydrogen-bond acceptors (Lipinski definition) is 1. The molecule has 0 amide bonds. The third kappa shape index (κ3) is 2.20. The fourth-order valence-electron chi connectivity index (χ4n) is 2.27.